The Morgan fingerprint density at radius 1 is 0.812 bits per heavy atom. The summed E-state index contributed by atoms with van der Waals surface area (Å²) in [5, 5.41) is 4.68. The minimum absolute atomic E-state index is 0.0180. The van der Waals surface area contributed by atoms with Gasteiger partial charge in [-0.25, -0.2) is 8.78 Å². The highest BCUT2D eigenvalue weighted by molar-refractivity contribution is 5.93. The third-order valence-electron chi connectivity index (χ3n) is 4.91. The van der Waals surface area contributed by atoms with Crippen LogP contribution in [0.2, 0.25) is 0 Å². The number of anilines is 2. The number of carbonyl (C=O) groups excluding carboxylic acids is 2. The summed E-state index contributed by atoms with van der Waals surface area (Å²) in [6.45, 7) is 1.61. The maximum absolute atomic E-state index is 13.6. The summed E-state index contributed by atoms with van der Waals surface area (Å²) in [5.74, 6) is -2.66. The molecule has 0 spiro atoms. The van der Waals surface area contributed by atoms with Gasteiger partial charge in [0.2, 0.25) is 11.8 Å². The highest BCUT2D eigenvalue weighted by Crippen LogP contribution is 2.34. The number of benzene rings is 2. The number of rotatable bonds is 6. The van der Waals surface area contributed by atoms with Crippen LogP contribution in [0.3, 0.4) is 0 Å². The van der Waals surface area contributed by atoms with E-state index in [1.165, 1.54) is 18.2 Å². The largest absolute Gasteiger partial charge is 0.418 e. The van der Waals surface area contributed by atoms with Crippen molar-refractivity contribution in [3.8, 4) is 0 Å². The van der Waals surface area contributed by atoms with Crippen molar-refractivity contribution in [1.82, 2.24) is 9.80 Å². The van der Waals surface area contributed by atoms with E-state index in [0.29, 0.717) is 32.2 Å². The van der Waals surface area contributed by atoms with Gasteiger partial charge in [-0.1, -0.05) is 12.1 Å². The summed E-state index contributed by atoms with van der Waals surface area (Å²) in [5.41, 5.74) is -1.33. The molecule has 172 valence electrons. The Morgan fingerprint density at radius 2 is 1.34 bits per heavy atom. The molecule has 32 heavy (non-hydrogen) atoms. The van der Waals surface area contributed by atoms with Crippen LogP contribution in [0.15, 0.2) is 42.5 Å². The summed E-state index contributed by atoms with van der Waals surface area (Å²) < 4.78 is 65.7. The maximum atomic E-state index is 13.6. The molecule has 0 aliphatic carbocycles. The second-order valence-electron chi connectivity index (χ2n) is 7.32. The molecule has 0 saturated carbocycles. The van der Waals surface area contributed by atoms with Crippen molar-refractivity contribution in [2.24, 2.45) is 0 Å². The van der Waals surface area contributed by atoms with Crippen molar-refractivity contribution in [3.63, 3.8) is 0 Å². The first kappa shape index (κ1) is 23.6. The van der Waals surface area contributed by atoms with Gasteiger partial charge in [-0.15, -0.1) is 0 Å². The molecule has 0 bridgehead atoms. The Morgan fingerprint density at radius 3 is 1.88 bits per heavy atom. The molecule has 6 nitrogen and oxygen atoms in total. The molecule has 1 aliphatic rings. The second kappa shape index (κ2) is 10.0. The van der Waals surface area contributed by atoms with Crippen molar-refractivity contribution in [1.29, 1.82) is 0 Å². The molecule has 0 atom stereocenters. The summed E-state index contributed by atoms with van der Waals surface area (Å²) in [6.07, 6.45) is -4.58. The zero-order valence-electron chi connectivity index (χ0n) is 16.9. The Hall–Kier alpha value is -3.05. The molecule has 0 radical (unpaired) electrons. The molecule has 1 saturated heterocycles. The van der Waals surface area contributed by atoms with E-state index >= 15 is 0 Å². The summed E-state index contributed by atoms with van der Waals surface area (Å²) in [4.78, 5) is 27.9. The predicted octanol–water partition coefficient (Wildman–Crippen LogP) is 3.18. The van der Waals surface area contributed by atoms with Crippen LogP contribution in [0.5, 0.6) is 0 Å². The third-order valence-corrected chi connectivity index (χ3v) is 4.91. The number of para-hydroxylation sites is 1. The van der Waals surface area contributed by atoms with Gasteiger partial charge in [0, 0.05) is 32.2 Å². The van der Waals surface area contributed by atoms with Crippen LogP contribution in [-0.4, -0.2) is 60.9 Å². The van der Waals surface area contributed by atoms with Gasteiger partial charge < -0.3 is 10.6 Å². The minimum atomic E-state index is -4.58. The van der Waals surface area contributed by atoms with Gasteiger partial charge in [-0.2, -0.15) is 13.2 Å². The predicted molar refractivity (Wildman–Crippen MR) is 108 cm³/mol. The van der Waals surface area contributed by atoms with E-state index in [4.69, 9.17) is 0 Å². The molecular formula is C21H21F5N4O2. The van der Waals surface area contributed by atoms with Gasteiger partial charge in [0.25, 0.3) is 0 Å². The average Bonchev–Trinajstić information content (AvgIpc) is 2.71. The SMILES string of the molecule is O=C(CN1CCN(CC(=O)Nc2ccccc2C(F)(F)F)CC1)Nc1ccc(F)cc1F. The number of carbonyl (C=O) groups is 2. The third kappa shape index (κ3) is 6.47. The van der Waals surface area contributed by atoms with E-state index < -0.39 is 35.2 Å². The molecule has 1 heterocycles. The van der Waals surface area contributed by atoms with Crippen LogP contribution < -0.4 is 10.6 Å². The summed E-state index contributed by atoms with van der Waals surface area (Å²) in [7, 11) is 0. The van der Waals surface area contributed by atoms with Crippen molar-refractivity contribution in [2.45, 2.75) is 6.18 Å². The monoisotopic (exact) mass is 456 g/mol. The van der Waals surface area contributed by atoms with E-state index in [2.05, 4.69) is 10.6 Å². The number of halogens is 5. The molecule has 1 fully saturated rings. The fraction of sp³-hybridized carbons (Fsp3) is 0.333. The van der Waals surface area contributed by atoms with Gasteiger partial charge in [-0.05, 0) is 24.3 Å². The second-order valence-corrected chi connectivity index (χ2v) is 7.32. The topological polar surface area (TPSA) is 64.7 Å². The zero-order chi connectivity index (χ0) is 23.3. The van der Waals surface area contributed by atoms with Crippen LogP contribution in [0.1, 0.15) is 5.56 Å². The molecule has 0 aromatic heterocycles. The number of alkyl halides is 3. The smallest absolute Gasteiger partial charge is 0.324 e. The molecule has 11 heteroatoms. The number of hydrogen-bond donors (Lipinski definition) is 2. The van der Waals surface area contributed by atoms with Gasteiger partial charge in [0.05, 0.1) is 30.0 Å². The lowest BCUT2D eigenvalue weighted by Crippen LogP contribution is -2.50. The highest BCUT2D eigenvalue weighted by atomic mass is 19.4. The van der Waals surface area contributed by atoms with E-state index in [1.807, 2.05) is 0 Å². The lowest BCUT2D eigenvalue weighted by Gasteiger charge is -2.33. The Labute approximate surface area is 181 Å². The molecular weight excluding hydrogens is 435 g/mol. The van der Waals surface area contributed by atoms with Gasteiger partial charge in [0.1, 0.15) is 11.6 Å². The van der Waals surface area contributed by atoms with Gasteiger partial charge in [0.15, 0.2) is 0 Å². The first-order chi connectivity index (χ1) is 15.1. The van der Waals surface area contributed by atoms with E-state index in [-0.39, 0.29) is 24.5 Å². The number of piperazine rings is 1. The molecule has 3 rings (SSSR count). The van der Waals surface area contributed by atoms with Crippen molar-refractivity contribution >= 4 is 23.2 Å². The number of nitrogens with zero attached hydrogens (tertiary/aromatic N) is 2. The summed E-state index contributed by atoms with van der Waals surface area (Å²) in [6, 6.07) is 7.60. The van der Waals surface area contributed by atoms with E-state index in [1.54, 1.807) is 9.80 Å². The van der Waals surface area contributed by atoms with Crippen molar-refractivity contribution in [2.75, 3.05) is 49.9 Å². The van der Waals surface area contributed by atoms with E-state index in [0.717, 1.165) is 18.2 Å². The molecule has 2 aromatic rings. The fourth-order valence-electron chi connectivity index (χ4n) is 3.32. The Bertz CT molecular complexity index is 975. The quantitative estimate of drug-likeness (QED) is 0.656. The normalized spacial score (nSPS) is 15.4. The van der Waals surface area contributed by atoms with Gasteiger partial charge in [-0.3, -0.25) is 19.4 Å². The van der Waals surface area contributed by atoms with Crippen LogP contribution in [0.4, 0.5) is 33.3 Å². The van der Waals surface area contributed by atoms with Crippen molar-refractivity contribution in [3.05, 3.63) is 59.7 Å². The fourth-order valence-corrected chi connectivity index (χ4v) is 3.32. The van der Waals surface area contributed by atoms with Gasteiger partial charge >= 0.3 is 6.18 Å². The molecule has 1 aliphatic heterocycles. The lowest BCUT2D eigenvalue weighted by atomic mass is 10.1. The average molecular weight is 456 g/mol. The van der Waals surface area contributed by atoms with Crippen molar-refractivity contribution < 1.29 is 31.5 Å². The molecule has 2 aromatic carbocycles. The number of nitrogens with one attached hydrogen (secondary N) is 2. The minimum Gasteiger partial charge on any atom is -0.324 e. The highest BCUT2D eigenvalue weighted by Gasteiger charge is 2.33. The first-order valence-electron chi connectivity index (χ1n) is 9.77. The molecule has 0 unspecified atom stereocenters. The Balaban J connectivity index is 1.45. The standard InChI is InChI=1S/C21H21F5N4O2/c22-14-5-6-18(16(23)11-14)28-20(32)13-30-9-7-29(8-10-30)12-19(31)27-17-4-2-1-3-15(17)21(24,25)26/h1-6,11H,7-10,12-13H2,(H,27,31)(H,28,32). The number of hydrogen-bond acceptors (Lipinski definition) is 4. The van der Waals surface area contributed by atoms with Crippen LogP contribution in [0, 0.1) is 11.6 Å². The lowest BCUT2D eigenvalue weighted by molar-refractivity contribution is -0.137. The maximum Gasteiger partial charge on any atom is 0.418 e. The van der Waals surface area contributed by atoms with Crippen LogP contribution in [-0.2, 0) is 15.8 Å². The molecule has 2 N–H and O–H groups in total. The van der Waals surface area contributed by atoms with Crippen LogP contribution in [0.25, 0.3) is 0 Å². The molecule has 2 amide bonds. The first-order valence-corrected chi connectivity index (χ1v) is 9.77. The Kier molecular flexibility index (Phi) is 7.41. The zero-order valence-corrected chi connectivity index (χ0v) is 16.9. The number of amides is 2. The van der Waals surface area contributed by atoms with Crippen LogP contribution >= 0.6 is 0 Å². The summed E-state index contributed by atoms with van der Waals surface area (Å²) >= 11 is 0. The van der Waals surface area contributed by atoms with E-state index in [9.17, 15) is 31.5 Å².